The van der Waals surface area contributed by atoms with Crippen LogP contribution in [0.25, 0.3) is 0 Å². The second-order valence-electron chi connectivity index (χ2n) is 7.30. The van der Waals surface area contributed by atoms with E-state index in [2.05, 4.69) is 58.3 Å². The first-order valence-electron chi connectivity index (χ1n) is 7.05. The molecule has 1 fully saturated rings. The van der Waals surface area contributed by atoms with Gasteiger partial charge in [-0.2, -0.15) is 0 Å². The molecule has 2 heteroatoms. The zero-order valence-electron chi connectivity index (χ0n) is 13.0. The number of hydrogen-bond acceptors (Lipinski definition) is 2. The molecule has 0 aromatic rings. The smallest absolute Gasteiger partial charge is 0.0997 e. The van der Waals surface area contributed by atoms with Gasteiger partial charge in [-0.15, -0.1) is 0 Å². The molecule has 0 aromatic heterocycles. The van der Waals surface area contributed by atoms with Crippen molar-refractivity contribution in [1.82, 2.24) is 4.90 Å². The summed E-state index contributed by atoms with van der Waals surface area (Å²) in [6, 6.07) is 0. The minimum Gasteiger partial charge on any atom is -0.360 e. The Labute approximate surface area is 113 Å². The highest BCUT2D eigenvalue weighted by Gasteiger charge is 2.20. The second kappa shape index (κ2) is 6.08. The highest BCUT2D eigenvalue weighted by Crippen LogP contribution is 2.19. The molecule has 0 radical (unpaired) electrons. The molecule has 0 spiro atoms. The average Bonchev–Trinajstić information content (AvgIpc) is 2.23. The summed E-state index contributed by atoms with van der Waals surface area (Å²) in [5, 5.41) is 0. The largest absolute Gasteiger partial charge is 0.360 e. The summed E-state index contributed by atoms with van der Waals surface area (Å²) in [6.45, 7) is 15.8. The molecule has 0 atom stereocenters. The molecule has 104 valence electrons. The molecule has 18 heavy (non-hydrogen) atoms. The van der Waals surface area contributed by atoms with Gasteiger partial charge in [0.15, 0.2) is 0 Å². The summed E-state index contributed by atoms with van der Waals surface area (Å²) in [6.07, 6.45) is 2.35. The van der Waals surface area contributed by atoms with Crippen molar-refractivity contribution >= 4 is 0 Å². The standard InChI is InChI=1S/C16H29NO/c1-15(2,3)10-7-14-8-11-17(12-9-14)13-18-16(4,5)6/h14H,8-9,11-13H2,1-6H3. The molecule has 0 N–H and O–H groups in total. The molecule has 1 aliphatic heterocycles. The van der Waals surface area contributed by atoms with Crippen LogP contribution in [0.4, 0.5) is 0 Å². The monoisotopic (exact) mass is 251 g/mol. The van der Waals surface area contributed by atoms with Gasteiger partial charge in [-0.05, 0) is 54.4 Å². The molecule has 1 aliphatic rings. The fraction of sp³-hybridized carbons (Fsp3) is 0.875. The number of ether oxygens (including phenoxy) is 1. The lowest BCUT2D eigenvalue weighted by atomic mass is 9.93. The van der Waals surface area contributed by atoms with Crippen LogP contribution >= 0.6 is 0 Å². The van der Waals surface area contributed by atoms with Crippen molar-refractivity contribution in [3.8, 4) is 11.8 Å². The number of rotatable bonds is 2. The van der Waals surface area contributed by atoms with E-state index in [9.17, 15) is 0 Å². The third kappa shape index (κ3) is 7.03. The van der Waals surface area contributed by atoms with Crippen LogP contribution in [0.5, 0.6) is 0 Å². The SMILES string of the molecule is CC(C)(C)C#CC1CCN(COC(C)(C)C)CC1. The van der Waals surface area contributed by atoms with E-state index in [1.54, 1.807) is 0 Å². The summed E-state index contributed by atoms with van der Waals surface area (Å²) >= 11 is 0. The van der Waals surface area contributed by atoms with Gasteiger partial charge in [0, 0.05) is 24.4 Å². The molecule has 0 aliphatic carbocycles. The summed E-state index contributed by atoms with van der Waals surface area (Å²) in [7, 11) is 0. The van der Waals surface area contributed by atoms with E-state index in [1.165, 1.54) is 12.8 Å². The third-order valence-corrected chi connectivity index (χ3v) is 2.92. The Bertz CT molecular complexity index is 303. The maximum atomic E-state index is 5.81. The summed E-state index contributed by atoms with van der Waals surface area (Å²) in [5.41, 5.74) is 0.0926. The molecule has 0 saturated carbocycles. The molecule has 0 amide bonds. The van der Waals surface area contributed by atoms with Crippen LogP contribution in [0.1, 0.15) is 54.4 Å². The van der Waals surface area contributed by atoms with E-state index in [4.69, 9.17) is 4.74 Å². The minimum atomic E-state index is -0.0388. The van der Waals surface area contributed by atoms with Crippen molar-refractivity contribution < 1.29 is 4.74 Å². The van der Waals surface area contributed by atoms with Gasteiger partial charge >= 0.3 is 0 Å². The van der Waals surface area contributed by atoms with Crippen LogP contribution in [0, 0.1) is 23.2 Å². The Balaban J connectivity index is 2.30. The predicted molar refractivity (Wildman–Crippen MR) is 77.2 cm³/mol. The van der Waals surface area contributed by atoms with E-state index in [0.29, 0.717) is 5.92 Å². The van der Waals surface area contributed by atoms with Crippen LogP contribution in [0.3, 0.4) is 0 Å². The molecule has 2 nitrogen and oxygen atoms in total. The first-order valence-corrected chi connectivity index (χ1v) is 7.05. The predicted octanol–water partition coefficient (Wildman–Crippen LogP) is 3.52. The third-order valence-electron chi connectivity index (χ3n) is 2.92. The summed E-state index contributed by atoms with van der Waals surface area (Å²) in [5.74, 6) is 7.38. The van der Waals surface area contributed by atoms with Crippen molar-refractivity contribution in [2.75, 3.05) is 19.8 Å². The first-order chi connectivity index (χ1) is 8.16. The highest BCUT2D eigenvalue weighted by molar-refractivity contribution is 5.10. The van der Waals surface area contributed by atoms with E-state index >= 15 is 0 Å². The molecule has 0 aromatic carbocycles. The summed E-state index contributed by atoms with van der Waals surface area (Å²) in [4.78, 5) is 2.39. The van der Waals surface area contributed by atoms with E-state index in [-0.39, 0.29) is 11.0 Å². The Kier molecular flexibility index (Phi) is 5.25. The fourth-order valence-electron chi connectivity index (χ4n) is 1.81. The van der Waals surface area contributed by atoms with E-state index in [0.717, 1.165) is 19.8 Å². The fourth-order valence-corrected chi connectivity index (χ4v) is 1.81. The number of hydrogen-bond donors (Lipinski definition) is 0. The van der Waals surface area contributed by atoms with Crippen molar-refractivity contribution in [3.05, 3.63) is 0 Å². The van der Waals surface area contributed by atoms with Crippen molar-refractivity contribution in [1.29, 1.82) is 0 Å². The van der Waals surface area contributed by atoms with Crippen molar-refractivity contribution in [3.63, 3.8) is 0 Å². The minimum absolute atomic E-state index is 0.0388. The number of piperidine rings is 1. The van der Waals surface area contributed by atoms with Crippen LogP contribution in [-0.4, -0.2) is 30.3 Å². The molecule has 1 rings (SSSR count). The van der Waals surface area contributed by atoms with Gasteiger partial charge in [-0.3, -0.25) is 4.90 Å². The molecular weight excluding hydrogens is 222 g/mol. The van der Waals surface area contributed by atoms with Gasteiger partial charge in [0.05, 0.1) is 12.3 Å². The van der Waals surface area contributed by atoms with Gasteiger partial charge < -0.3 is 4.74 Å². The number of likely N-dealkylation sites (tertiary alicyclic amines) is 1. The van der Waals surface area contributed by atoms with Gasteiger partial charge in [0.1, 0.15) is 0 Å². The zero-order chi connectivity index (χ0) is 13.8. The van der Waals surface area contributed by atoms with Crippen LogP contribution in [-0.2, 0) is 4.74 Å². The maximum Gasteiger partial charge on any atom is 0.0997 e. The first kappa shape index (κ1) is 15.5. The Morgan fingerprint density at radius 2 is 1.61 bits per heavy atom. The molecular formula is C16H29NO. The normalized spacial score (nSPS) is 19.4. The van der Waals surface area contributed by atoms with Crippen LogP contribution in [0.15, 0.2) is 0 Å². The van der Waals surface area contributed by atoms with Crippen molar-refractivity contribution in [2.45, 2.75) is 60.0 Å². The van der Waals surface area contributed by atoms with Crippen LogP contribution < -0.4 is 0 Å². The van der Waals surface area contributed by atoms with Crippen molar-refractivity contribution in [2.24, 2.45) is 11.3 Å². The Hall–Kier alpha value is -0.520. The molecule has 0 unspecified atom stereocenters. The van der Waals surface area contributed by atoms with Gasteiger partial charge in [0.25, 0.3) is 0 Å². The van der Waals surface area contributed by atoms with Gasteiger partial charge in [-0.1, -0.05) is 11.8 Å². The number of nitrogens with zero attached hydrogens (tertiary/aromatic N) is 1. The summed E-state index contributed by atoms with van der Waals surface area (Å²) < 4.78 is 5.81. The van der Waals surface area contributed by atoms with Crippen LogP contribution in [0.2, 0.25) is 0 Å². The average molecular weight is 251 g/mol. The molecule has 1 saturated heterocycles. The maximum absolute atomic E-state index is 5.81. The van der Waals surface area contributed by atoms with Gasteiger partial charge in [-0.25, -0.2) is 0 Å². The zero-order valence-corrected chi connectivity index (χ0v) is 13.0. The van der Waals surface area contributed by atoms with Gasteiger partial charge in [0.2, 0.25) is 0 Å². The molecule has 1 heterocycles. The lowest BCUT2D eigenvalue weighted by Crippen LogP contribution is -2.37. The van der Waals surface area contributed by atoms with E-state index < -0.39 is 0 Å². The lowest BCUT2D eigenvalue weighted by Gasteiger charge is -2.32. The lowest BCUT2D eigenvalue weighted by molar-refractivity contribution is -0.0695. The quantitative estimate of drug-likeness (QED) is 0.696. The second-order valence-corrected chi connectivity index (χ2v) is 7.30. The topological polar surface area (TPSA) is 12.5 Å². The Morgan fingerprint density at radius 1 is 1.06 bits per heavy atom. The highest BCUT2D eigenvalue weighted by atomic mass is 16.5. The molecule has 0 bridgehead atoms. The van der Waals surface area contributed by atoms with E-state index in [1.807, 2.05) is 0 Å². The Morgan fingerprint density at radius 3 is 2.06 bits per heavy atom.